The highest BCUT2D eigenvalue weighted by Gasteiger charge is 2.46. The normalized spacial score (nSPS) is 21.5. The number of aryl methyl sites for hydroxylation is 3. The molecule has 0 aliphatic heterocycles. The monoisotopic (exact) mass is 467 g/mol. The van der Waals surface area contributed by atoms with Crippen molar-refractivity contribution in [2.45, 2.75) is 46.0 Å². The lowest BCUT2D eigenvalue weighted by Crippen LogP contribution is -2.44. The van der Waals surface area contributed by atoms with Crippen LogP contribution in [0.2, 0.25) is 0 Å². The number of carbonyl (C=O) groups excluding carboxylic acids is 1. The van der Waals surface area contributed by atoms with Crippen molar-refractivity contribution in [2.75, 3.05) is 0 Å². The van der Waals surface area contributed by atoms with E-state index in [2.05, 4.69) is 66.3 Å². The topological polar surface area (TPSA) is 80.6 Å². The summed E-state index contributed by atoms with van der Waals surface area (Å²) < 4.78 is 7.05. The van der Waals surface area contributed by atoms with E-state index in [1.807, 2.05) is 24.3 Å². The molecule has 0 saturated heterocycles. The molecule has 0 atom stereocenters. The van der Waals surface area contributed by atoms with Gasteiger partial charge in [0, 0.05) is 15.8 Å². The third-order valence-electron chi connectivity index (χ3n) is 6.08. The summed E-state index contributed by atoms with van der Waals surface area (Å²) in [6, 6.07) is 11.7. The molecule has 4 rings (SSSR count). The largest absolute Gasteiger partial charge is 0.455 e. The second-order valence-corrected chi connectivity index (χ2v) is 9.62. The molecular weight excluding hydrogens is 442 g/mol. The highest BCUT2D eigenvalue weighted by atomic mass is 79.9. The minimum atomic E-state index is -0.682. The van der Waals surface area contributed by atoms with E-state index in [1.165, 1.54) is 22.3 Å². The maximum atomic E-state index is 11.3. The summed E-state index contributed by atoms with van der Waals surface area (Å²) >= 11 is 3.50. The van der Waals surface area contributed by atoms with Crippen LogP contribution in [0.4, 0.5) is 4.79 Å². The Morgan fingerprint density at radius 3 is 2.47 bits per heavy atom. The fourth-order valence-corrected chi connectivity index (χ4v) is 5.54. The maximum Gasteiger partial charge on any atom is 0.332 e. The van der Waals surface area contributed by atoms with Crippen LogP contribution >= 0.6 is 15.9 Å². The van der Waals surface area contributed by atoms with Gasteiger partial charge in [0.1, 0.15) is 11.3 Å². The van der Waals surface area contributed by atoms with Crippen LogP contribution in [0.5, 0.6) is 0 Å². The Balaban J connectivity index is 1.67. The van der Waals surface area contributed by atoms with Crippen LogP contribution in [0.1, 0.15) is 47.8 Å². The number of hydrogen-bond donors (Lipinski definition) is 2. The number of amides is 2. The van der Waals surface area contributed by atoms with Gasteiger partial charge in [0.25, 0.3) is 0 Å². The molecule has 1 fully saturated rings. The second-order valence-electron chi connectivity index (χ2n) is 8.71. The van der Waals surface area contributed by atoms with E-state index in [-0.39, 0.29) is 11.3 Å². The summed E-state index contributed by atoms with van der Waals surface area (Å²) in [4.78, 5) is 11.3. The number of hydrogen-bond acceptors (Lipinski definition) is 3. The van der Waals surface area contributed by atoms with Crippen LogP contribution in [0.15, 0.2) is 50.4 Å². The van der Waals surface area contributed by atoms with E-state index in [1.54, 1.807) is 0 Å². The van der Waals surface area contributed by atoms with E-state index in [0.717, 1.165) is 34.0 Å². The molecule has 6 heteroatoms. The lowest BCUT2D eigenvalue weighted by Gasteiger charge is -2.47. The van der Waals surface area contributed by atoms with Gasteiger partial charge in [-0.25, -0.2) is 10.2 Å². The number of fused-ring (bicyclic) bond motifs is 1. The van der Waals surface area contributed by atoms with Crippen LogP contribution in [0.3, 0.4) is 0 Å². The molecule has 0 bridgehead atoms. The number of hydrazone groups is 1. The van der Waals surface area contributed by atoms with E-state index < -0.39 is 6.03 Å². The Labute approximate surface area is 184 Å². The van der Waals surface area contributed by atoms with Crippen molar-refractivity contribution in [1.29, 1.82) is 0 Å². The molecule has 156 valence electrons. The molecule has 3 N–H and O–H groups in total. The third kappa shape index (κ3) is 3.76. The SMILES string of the molecule is Cc1cc(C)c(C2(C)CC(/C(=N/NC(N)=O)c3cc4cc(Br)ccc4o3)C2)c(C)c1. The first-order chi connectivity index (χ1) is 14.2. The molecule has 1 aliphatic carbocycles. The van der Waals surface area contributed by atoms with E-state index in [0.29, 0.717) is 5.76 Å². The summed E-state index contributed by atoms with van der Waals surface area (Å²) in [5.74, 6) is 0.840. The van der Waals surface area contributed by atoms with Gasteiger partial charge in [0.2, 0.25) is 0 Å². The van der Waals surface area contributed by atoms with Crippen molar-refractivity contribution in [2.24, 2.45) is 16.8 Å². The van der Waals surface area contributed by atoms with Gasteiger partial charge < -0.3 is 10.2 Å². The number of rotatable bonds is 4. The Kier molecular flexibility index (Phi) is 5.22. The lowest BCUT2D eigenvalue weighted by atomic mass is 9.57. The van der Waals surface area contributed by atoms with Gasteiger partial charge in [0.15, 0.2) is 5.76 Å². The highest BCUT2D eigenvalue weighted by molar-refractivity contribution is 9.10. The average Bonchev–Trinajstić information content (AvgIpc) is 3.01. The van der Waals surface area contributed by atoms with Crippen LogP contribution in [-0.2, 0) is 5.41 Å². The Bertz CT molecular complexity index is 1150. The van der Waals surface area contributed by atoms with Crippen molar-refractivity contribution < 1.29 is 9.21 Å². The zero-order valence-electron chi connectivity index (χ0n) is 17.7. The van der Waals surface area contributed by atoms with Crippen molar-refractivity contribution in [1.82, 2.24) is 5.43 Å². The molecule has 0 radical (unpaired) electrons. The van der Waals surface area contributed by atoms with Crippen molar-refractivity contribution in [3.8, 4) is 0 Å². The number of primary amides is 1. The van der Waals surface area contributed by atoms with Gasteiger partial charge in [-0.2, -0.15) is 5.10 Å². The van der Waals surface area contributed by atoms with Crippen LogP contribution in [-0.4, -0.2) is 11.7 Å². The predicted octanol–water partition coefficient (Wildman–Crippen LogP) is 5.86. The first-order valence-electron chi connectivity index (χ1n) is 10.1. The molecular formula is C24H26BrN3O2. The molecule has 1 aliphatic rings. The zero-order valence-corrected chi connectivity index (χ0v) is 19.3. The van der Waals surface area contributed by atoms with Crippen molar-refractivity contribution in [3.63, 3.8) is 0 Å². The number of carbonyl (C=O) groups is 1. The minimum absolute atomic E-state index is 0.0646. The molecule has 5 nitrogen and oxygen atoms in total. The maximum absolute atomic E-state index is 11.3. The quantitative estimate of drug-likeness (QED) is 0.372. The fraction of sp³-hybridized carbons (Fsp3) is 0.333. The summed E-state index contributed by atoms with van der Waals surface area (Å²) in [5, 5.41) is 5.32. The third-order valence-corrected chi connectivity index (χ3v) is 6.57. The fourth-order valence-electron chi connectivity index (χ4n) is 5.16. The van der Waals surface area contributed by atoms with E-state index >= 15 is 0 Å². The number of nitrogens with zero attached hydrogens (tertiary/aromatic N) is 1. The molecule has 2 aromatic carbocycles. The summed E-state index contributed by atoms with van der Waals surface area (Å²) in [7, 11) is 0. The van der Waals surface area contributed by atoms with Crippen molar-refractivity contribution in [3.05, 3.63) is 68.9 Å². The molecule has 30 heavy (non-hydrogen) atoms. The molecule has 1 heterocycles. The number of nitrogens with two attached hydrogens (primary N) is 1. The van der Waals surface area contributed by atoms with Crippen LogP contribution < -0.4 is 11.2 Å². The number of nitrogens with one attached hydrogen (secondary N) is 1. The Morgan fingerprint density at radius 1 is 1.17 bits per heavy atom. The van der Waals surface area contributed by atoms with Gasteiger partial charge in [-0.1, -0.05) is 40.5 Å². The standard InChI is InChI=1S/C24H26BrN3O2/c1-13-7-14(2)21(15(3)8-13)24(4)11-17(12-24)22(27-28-23(26)29)20-10-16-9-18(25)5-6-19(16)30-20/h5-10,17H,11-12H2,1-4H3,(H3,26,28,29)/b27-22-. The molecule has 2 amide bonds. The number of halogens is 1. The van der Waals surface area contributed by atoms with Gasteiger partial charge in [-0.05, 0) is 80.0 Å². The van der Waals surface area contributed by atoms with Gasteiger partial charge in [-0.3, -0.25) is 0 Å². The number of furan rings is 1. The van der Waals surface area contributed by atoms with E-state index in [4.69, 9.17) is 10.2 Å². The first kappa shape index (κ1) is 20.7. The van der Waals surface area contributed by atoms with Gasteiger partial charge in [0.05, 0.1) is 0 Å². The van der Waals surface area contributed by atoms with Gasteiger partial charge >= 0.3 is 6.03 Å². The van der Waals surface area contributed by atoms with Crippen LogP contribution in [0, 0.1) is 26.7 Å². The molecule has 3 aromatic rings. The summed E-state index contributed by atoms with van der Waals surface area (Å²) in [5.41, 5.74) is 14.6. The number of benzene rings is 2. The van der Waals surface area contributed by atoms with E-state index in [9.17, 15) is 4.79 Å². The van der Waals surface area contributed by atoms with Crippen LogP contribution in [0.25, 0.3) is 11.0 Å². The highest BCUT2D eigenvalue weighted by Crippen LogP contribution is 2.51. The molecule has 1 saturated carbocycles. The summed E-state index contributed by atoms with van der Waals surface area (Å²) in [6.45, 7) is 8.82. The zero-order chi connectivity index (χ0) is 21.6. The predicted molar refractivity (Wildman–Crippen MR) is 124 cm³/mol. The lowest BCUT2D eigenvalue weighted by molar-refractivity contribution is 0.214. The number of urea groups is 1. The van der Waals surface area contributed by atoms with Gasteiger partial charge in [-0.15, -0.1) is 0 Å². The Morgan fingerprint density at radius 2 is 1.83 bits per heavy atom. The van der Waals surface area contributed by atoms with Crippen molar-refractivity contribution >= 4 is 38.6 Å². The molecule has 1 aromatic heterocycles. The summed E-state index contributed by atoms with van der Waals surface area (Å²) in [6.07, 6.45) is 1.86. The Hall–Kier alpha value is -2.60. The molecule has 0 spiro atoms. The first-order valence-corrected chi connectivity index (χ1v) is 10.9. The smallest absolute Gasteiger partial charge is 0.332 e. The minimum Gasteiger partial charge on any atom is -0.455 e. The second kappa shape index (κ2) is 7.58. The molecule has 0 unspecified atom stereocenters. The average molecular weight is 468 g/mol.